The van der Waals surface area contributed by atoms with Gasteiger partial charge in [0, 0.05) is 23.0 Å². The molecule has 0 amide bonds. The van der Waals surface area contributed by atoms with Gasteiger partial charge in [0.05, 0.1) is 25.4 Å². The normalized spacial score (nSPS) is 30.6. The van der Waals surface area contributed by atoms with Crippen LogP contribution in [0.15, 0.2) is 36.4 Å². The Kier molecular flexibility index (Phi) is 3.12. The Bertz CT molecular complexity index is 794. The van der Waals surface area contributed by atoms with Crippen molar-refractivity contribution in [1.29, 1.82) is 0 Å². The third-order valence-electron chi connectivity index (χ3n) is 5.73. The quantitative estimate of drug-likeness (QED) is 0.825. The summed E-state index contributed by atoms with van der Waals surface area (Å²) in [7, 11) is 0. The van der Waals surface area contributed by atoms with Gasteiger partial charge in [-0.25, -0.2) is 0 Å². The van der Waals surface area contributed by atoms with Crippen molar-refractivity contribution in [3.05, 3.63) is 47.5 Å². The molecule has 4 aliphatic rings. The van der Waals surface area contributed by atoms with E-state index >= 15 is 0 Å². The molecule has 0 aromatic heterocycles. The molecule has 6 nitrogen and oxygen atoms in total. The second kappa shape index (κ2) is 5.53. The van der Waals surface area contributed by atoms with Crippen molar-refractivity contribution in [3.63, 3.8) is 0 Å². The molecule has 4 aliphatic heterocycles. The van der Waals surface area contributed by atoms with E-state index in [2.05, 4.69) is 12.1 Å². The number of benzene rings is 2. The van der Waals surface area contributed by atoms with Crippen molar-refractivity contribution >= 4 is 0 Å². The lowest BCUT2D eigenvalue weighted by molar-refractivity contribution is 0.0176. The van der Waals surface area contributed by atoms with Crippen molar-refractivity contribution in [1.82, 2.24) is 0 Å². The molecule has 0 saturated carbocycles. The molecule has 2 aromatic carbocycles. The minimum atomic E-state index is -0.0458. The monoisotopic (exact) mass is 354 g/mol. The molecule has 0 unspecified atom stereocenters. The Labute approximate surface area is 150 Å². The number of ether oxygens (including phenoxy) is 6. The minimum absolute atomic E-state index is 0.0458. The van der Waals surface area contributed by atoms with Gasteiger partial charge in [-0.05, 0) is 12.1 Å². The molecule has 2 aromatic rings. The van der Waals surface area contributed by atoms with Crippen LogP contribution in [0.1, 0.15) is 23.3 Å². The van der Waals surface area contributed by atoms with Crippen LogP contribution in [0.25, 0.3) is 0 Å². The Morgan fingerprint density at radius 3 is 1.62 bits per heavy atom. The third kappa shape index (κ3) is 2.00. The summed E-state index contributed by atoms with van der Waals surface area (Å²) in [5, 5.41) is 0. The van der Waals surface area contributed by atoms with E-state index in [1.165, 1.54) is 0 Å². The van der Waals surface area contributed by atoms with Gasteiger partial charge in [0.25, 0.3) is 0 Å². The molecule has 0 radical (unpaired) electrons. The molecule has 0 aliphatic carbocycles. The highest BCUT2D eigenvalue weighted by atomic mass is 16.7. The van der Waals surface area contributed by atoms with Gasteiger partial charge in [-0.1, -0.05) is 24.3 Å². The summed E-state index contributed by atoms with van der Waals surface area (Å²) < 4.78 is 34.8. The molecule has 26 heavy (non-hydrogen) atoms. The Morgan fingerprint density at radius 2 is 1.12 bits per heavy atom. The maximum Gasteiger partial charge on any atom is 0.231 e. The first-order chi connectivity index (χ1) is 12.9. The van der Waals surface area contributed by atoms with Crippen molar-refractivity contribution < 1.29 is 28.4 Å². The SMILES string of the molecule is c1cc2c(c([C@H]3OC[C@H]4[C@@H]3CO[C@H]4c3cccc4c3OCO4)c1)OCO2. The van der Waals surface area contributed by atoms with Gasteiger partial charge in [0.15, 0.2) is 23.0 Å². The predicted octanol–water partition coefficient (Wildman–Crippen LogP) is 3.22. The molecule has 4 heterocycles. The second-order valence-electron chi connectivity index (χ2n) is 7.00. The van der Waals surface area contributed by atoms with Gasteiger partial charge >= 0.3 is 0 Å². The molecule has 0 N–H and O–H groups in total. The van der Waals surface area contributed by atoms with Gasteiger partial charge in [-0.2, -0.15) is 0 Å². The number of hydrogen-bond donors (Lipinski definition) is 0. The van der Waals surface area contributed by atoms with Crippen LogP contribution < -0.4 is 18.9 Å². The fraction of sp³-hybridized carbons (Fsp3) is 0.400. The predicted molar refractivity (Wildman–Crippen MR) is 89.5 cm³/mol. The van der Waals surface area contributed by atoms with Crippen LogP contribution >= 0.6 is 0 Å². The van der Waals surface area contributed by atoms with Crippen LogP contribution in [0.4, 0.5) is 0 Å². The smallest absolute Gasteiger partial charge is 0.231 e. The number of rotatable bonds is 2. The van der Waals surface area contributed by atoms with Crippen molar-refractivity contribution in [3.8, 4) is 23.0 Å². The van der Waals surface area contributed by atoms with Gasteiger partial charge < -0.3 is 28.4 Å². The average molecular weight is 354 g/mol. The highest BCUT2D eigenvalue weighted by Gasteiger charge is 2.50. The van der Waals surface area contributed by atoms with Crippen LogP contribution in [0.3, 0.4) is 0 Å². The zero-order valence-electron chi connectivity index (χ0n) is 14.1. The lowest BCUT2D eigenvalue weighted by atomic mass is 9.84. The van der Waals surface area contributed by atoms with Crippen LogP contribution in [0.2, 0.25) is 0 Å². The lowest BCUT2D eigenvalue weighted by Crippen LogP contribution is -2.15. The van der Waals surface area contributed by atoms with E-state index in [9.17, 15) is 0 Å². The zero-order valence-corrected chi connectivity index (χ0v) is 14.1. The van der Waals surface area contributed by atoms with Crippen molar-refractivity contribution in [2.24, 2.45) is 11.8 Å². The summed E-state index contributed by atoms with van der Waals surface area (Å²) in [5.74, 6) is 3.73. The van der Waals surface area contributed by atoms with E-state index in [1.54, 1.807) is 0 Å². The molecule has 0 spiro atoms. The standard InChI is InChI=1S/C20H18O6/c1-3-11(19-15(5-1)23-9-25-19)17-13-7-22-18(14(13)8-21-17)12-4-2-6-16-20(12)26-10-24-16/h1-6,13-14,17-18H,7-10H2/t13-,14-,17-,18+/m0/s1. The first-order valence-corrected chi connectivity index (χ1v) is 8.90. The minimum Gasteiger partial charge on any atom is -0.454 e. The van der Waals surface area contributed by atoms with Crippen LogP contribution in [0, 0.1) is 11.8 Å². The molecule has 2 saturated heterocycles. The lowest BCUT2D eigenvalue weighted by Gasteiger charge is -2.18. The topological polar surface area (TPSA) is 55.4 Å². The molecular weight excluding hydrogens is 336 g/mol. The summed E-state index contributed by atoms with van der Waals surface area (Å²) in [6.07, 6.45) is -0.0915. The third-order valence-corrected chi connectivity index (χ3v) is 5.73. The van der Waals surface area contributed by atoms with E-state index in [4.69, 9.17) is 28.4 Å². The van der Waals surface area contributed by atoms with Gasteiger partial charge in [-0.15, -0.1) is 0 Å². The van der Waals surface area contributed by atoms with E-state index in [-0.39, 0.29) is 37.6 Å². The van der Waals surface area contributed by atoms with Crippen molar-refractivity contribution in [2.75, 3.05) is 26.8 Å². The van der Waals surface area contributed by atoms with E-state index in [0.717, 1.165) is 34.1 Å². The Hall–Kier alpha value is -2.44. The van der Waals surface area contributed by atoms with Crippen LogP contribution in [-0.2, 0) is 9.47 Å². The number of hydrogen-bond acceptors (Lipinski definition) is 6. The number of fused-ring (bicyclic) bond motifs is 3. The van der Waals surface area contributed by atoms with E-state index in [0.29, 0.717) is 13.2 Å². The van der Waals surface area contributed by atoms with E-state index < -0.39 is 0 Å². The molecule has 134 valence electrons. The first-order valence-electron chi connectivity index (χ1n) is 8.90. The molecular formula is C20H18O6. The molecule has 6 heteroatoms. The summed E-state index contributed by atoms with van der Waals surface area (Å²) in [6, 6.07) is 12.0. The first kappa shape index (κ1) is 14.7. The summed E-state index contributed by atoms with van der Waals surface area (Å²) in [6.45, 7) is 1.82. The van der Waals surface area contributed by atoms with Gasteiger partial charge in [0.2, 0.25) is 13.6 Å². The number of para-hydroxylation sites is 2. The Balaban J connectivity index is 1.33. The largest absolute Gasteiger partial charge is 0.454 e. The summed E-state index contributed by atoms with van der Waals surface area (Å²) in [4.78, 5) is 0. The zero-order chi connectivity index (χ0) is 17.1. The summed E-state index contributed by atoms with van der Waals surface area (Å²) >= 11 is 0. The second-order valence-corrected chi connectivity index (χ2v) is 7.00. The highest BCUT2D eigenvalue weighted by Crippen LogP contribution is 2.55. The molecule has 0 bridgehead atoms. The van der Waals surface area contributed by atoms with Crippen molar-refractivity contribution in [2.45, 2.75) is 12.2 Å². The Morgan fingerprint density at radius 1 is 0.615 bits per heavy atom. The molecule has 2 fully saturated rings. The van der Waals surface area contributed by atoms with Crippen LogP contribution in [-0.4, -0.2) is 26.8 Å². The average Bonchev–Trinajstić information content (AvgIpc) is 3.43. The molecule has 4 atom stereocenters. The fourth-order valence-corrected chi connectivity index (χ4v) is 4.54. The highest BCUT2D eigenvalue weighted by molar-refractivity contribution is 5.51. The summed E-state index contributed by atoms with van der Waals surface area (Å²) in [5.41, 5.74) is 2.10. The van der Waals surface area contributed by atoms with Crippen LogP contribution in [0.5, 0.6) is 23.0 Å². The van der Waals surface area contributed by atoms with E-state index in [1.807, 2.05) is 24.3 Å². The van der Waals surface area contributed by atoms with Gasteiger partial charge in [0.1, 0.15) is 0 Å². The maximum absolute atomic E-state index is 6.21. The maximum atomic E-state index is 6.21. The van der Waals surface area contributed by atoms with Gasteiger partial charge in [-0.3, -0.25) is 0 Å². The molecule has 6 rings (SSSR count). The fourth-order valence-electron chi connectivity index (χ4n) is 4.54.